The van der Waals surface area contributed by atoms with Gasteiger partial charge in [0.15, 0.2) is 0 Å². The van der Waals surface area contributed by atoms with E-state index in [1.165, 1.54) is 87.2 Å². The van der Waals surface area contributed by atoms with Gasteiger partial charge in [-0.15, -0.1) is 0 Å². The Hall–Kier alpha value is -5.92. The van der Waals surface area contributed by atoms with Crippen LogP contribution in [0.25, 0.3) is 98.4 Å². The molecule has 0 radical (unpaired) electrons. The average molecular weight is 571 g/mol. The van der Waals surface area contributed by atoms with E-state index in [0.717, 1.165) is 11.2 Å². The molecule has 0 spiro atoms. The van der Waals surface area contributed by atoms with Gasteiger partial charge >= 0.3 is 0 Å². The van der Waals surface area contributed by atoms with Crippen molar-refractivity contribution >= 4 is 65.0 Å². The van der Waals surface area contributed by atoms with Crippen LogP contribution in [0, 0.1) is 0 Å². The SMILES string of the molecule is c1ccc2cc(-c3c4ccccc4c(-c4ccc(-c5ccc6oc7cccc8ccc5c6c87)cc4)c4ccccc34)ccc2c1. The maximum atomic E-state index is 6.23. The van der Waals surface area contributed by atoms with Crippen LogP contribution >= 0.6 is 0 Å². The highest BCUT2D eigenvalue weighted by atomic mass is 16.3. The minimum atomic E-state index is 0.946. The highest BCUT2D eigenvalue weighted by Gasteiger charge is 2.18. The van der Waals surface area contributed by atoms with E-state index in [0.29, 0.717) is 0 Å². The van der Waals surface area contributed by atoms with Crippen molar-refractivity contribution < 1.29 is 4.42 Å². The standard InChI is InChI=1S/C44H26O/c1-2-9-31-26-32(21-16-27(31)8-1)42-36-13-5-3-11-34(36)41(35-12-4-6-14-37(35)42)30-19-17-28(18-20-30)33-24-25-40-44-38(33)23-22-29-10-7-15-39(45-40)43(29)44/h1-26H. The molecule has 9 aromatic carbocycles. The van der Waals surface area contributed by atoms with Crippen LogP contribution in [-0.4, -0.2) is 0 Å². The molecule has 208 valence electrons. The molecule has 1 heteroatoms. The number of fused-ring (bicyclic) bond motifs is 3. The predicted molar refractivity (Wildman–Crippen MR) is 191 cm³/mol. The Morgan fingerprint density at radius 1 is 0.311 bits per heavy atom. The van der Waals surface area contributed by atoms with Crippen molar-refractivity contribution in [3.05, 3.63) is 158 Å². The minimum absolute atomic E-state index is 0.946. The normalized spacial score (nSPS) is 12.0. The second kappa shape index (κ2) is 9.29. The van der Waals surface area contributed by atoms with Gasteiger partial charge in [-0.2, -0.15) is 0 Å². The second-order valence-corrected chi connectivity index (χ2v) is 12.0. The largest absolute Gasteiger partial charge is 0.456 e. The molecule has 0 aliphatic carbocycles. The van der Waals surface area contributed by atoms with Gasteiger partial charge in [0, 0.05) is 10.8 Å². The molecule has 1 nitrogen and oxygen atoms in total. The van der Waals surface area contributed by atoms with Gasteiger partial charge in [-0.3, -0.25) is 0 Å². The van der Waals surface area contributed by atoms with Crippen LogP contribution in [0.1, 0.15) is 0 Å². The summed E-state index contributed by atoms with van der Waals surface area (Å²) in [6.45, 7) is 0. The van der Waals surface area contributed by atoms with Gasteiger partial charge in [-0.1, -0.05) is 140 Å². The van der Waals surface area contributed by atoms with Crippen LogP contribution in [-0.2, 0) is 0 Å². The first-order valence-electron chi connectivity index (χ1n) is 15.5. The third-order valence-electron chi connectivity index (χ3n) is 9.62. The van der Waals surface area contributed by atoms with Gasteiger partial charge < -0.3 is 4.42 Å². The first-order valence-corrected chi connectivity index (χ1v) is 15.5. The summed E-state index contributed by atoms with van der Waals surface area (Å²) in [7, 11) is 0. The summed E-state index contributed by atoms with van der Waals surface area (Å²) in [6, 6.07) is 57.4. The van der Waals surface area contributed by atoms with Crippen LogP contribution < -0.4 is 0 Å². The number of furan rings is 1. The highest BCUT2D eigenvalue weighted by molar-refractivity contribution is 6.25. The Labute approximate surface area is 259 Å². The van der Waals surface area contributed by atoms with E-state index in [1.807, 2.05) is 0 Å². The predicted octanol–water partition coefficient (Wildman–Crippen LogP) is 12.6. The van der Waals surface area contributed by atoms with Gasteiger partial charge in [-0.25, -0.2) is 0 Å². The summed E-state index contributed by atoms with van der Waals surface area (Å²) in [5.74, 6) is 0. The lowest BCUT2D eigenvalue weighted by molar-refractivity contribution is 0.669. The highest BCUT2D eigenvalue weighted by Crippen LogP contribution is 2.45. The number of hydrogen-bond donors (Lipinski definition) is 0. The van der Waals surface area contributed by atoms with Crippen molar-refractivity contribution in [3.8, 4) is 33.4 Å². The Balaban J connectivity index is 1.18. The topological polar surface area (TPSA) is 13.1 Å². The Morgan fingerprint density at radius 2 is 0.867 bits per heavy atom. The molecule has 0 N–H and O–H groups in total. The van der Waals surface area contributed by atoms with E-state index < -0.39 is 0 Å². The van der Waals surface area contributed by atoms with Gasteiger partial charge in [-0.05, 0) is 94.7 Å². The van der Waals surface area contributed by atoms with E-state index in [4.69, 9.17) is 4.42 Å². The van der Waals surface area contributed by atoms with E-state index in [-0.39, 0.29) is 0 Å². The van der Waals surface area contributed by atoms with Gasteiger partial charge in [0.1, 0.15) is 11.2 Å². The fourth-order valence-electron chi connectivity index (χ4n) is 7.61. The third kappa shape index (κ3) is 3.56. The van der Waals surface area contributed by atoms with Gasteiger partial charge in [0.05, 0.1) is 0 Å². The van der Waals surface area contributed by atoms with Crippen molar-refractivity contribution in [2.75, 3.05) is 0 Å². The van der Waals surface area contributed by atoms with Crippen LogP contribution in [0.3, 0.4) is 0 Å². The van der Waals surface area contributed by atoms with Gasteiger partial charge in [0.25, 0.3) is 0 Å². The smallest absolute Gasteiger partial charge is 0.136 e. The third-order valence-corrected chi connectivity index (χ3v) is 9.62. The molecule has 0 aliphatic heterocycles. The van der Waals surface area contributed by atoms with E-state index in [1.54, 1.807) is 0 Å². The molecule has 0 amide bonds. The van der Waals surface area contributed by atoms with E-state index in [2.05, 4.69) is 158 Å². The molecule has 1 aromatic heterocycles. The molecule has 45 heavy (non-hydrogen) atoms. The maximum absolute atomic E-state index is 6.23. The molecule has 0 unspecified atom stereocenters. The Morgan fingerprint density at radius 3 is 1.60 bits per heavy atom. The zero-order chi connectivity index (χ0) is 29.5. The van der Waals surface area contributed by atoms with E-state index >= 15 is 0 Å². The van der Waals surface area contributed by atoms with Crippen LogP contribution in [0.4, 0.5) is 0 Å². The summed E-state index contributed by atoms with van der Waals surface area (Å²) in [5, 5.41) is 12.5. The first kappa shape index (κ1) is 24.5. The number of rotatable bonds is 3. The number of hydrogen-bond acceptors (Lipinski definition) is 1. The lowest BCUT2D eigenvalue weighted by Crippen LogP contribution is -1.91. The molecule has 0 fully saturated rings. The van der Waals surface area contributed by atoms with Crippen LogP contribution in [0.2, 0.25) is 0 Å². The summed E-state index contributed by atoms with van der Waals surface area (Å²) in [6.07, 6.45) is 0. The molecule has 10 aromatic rings. The molecule has 10 rings (SSSR count). The van der Waals surface area contributed by atoms with Crippen molar-refractivity contribution in [1.29, 1.82) is 0 Å². The maximum Gasteiger partial charge on any atom is 0.136 e. The van der Waals surface area contributed by atoms with Crippen molar-refractivity contribution in [3.63, 3.8) is 0 Å². The average Bonchev–Trinajstić information content (AvgIpc) is 3.49. The molecular weight excluding hydrogens is 544 g/mol. The summed E-state index contributed by atoms with van der Waals surface area (Å²) < 4.78 is 6.23. The van der Waals surface area contributed by atoms with Crippen molar-refractivity contribution in [1.82, 2.24) is 0 Å². The van der Waals surface area contributed by atoms with Crippen molar-refractivity contribution in [2.45, 2.75) is 0 Å². The Kier molecular flexibility index (Phi) is 5.06. The number of benzene rings is 9. The molecule has 1 heterocycles. The van der Waals surface area contributed by atoms with Crippen molar-refractivity contribution in [2.24, 2.45) is 0 Å². The minimum Gasteiger partial charge on any atom is -0.456 e. The van der Waals surface area contributed by atoms with Crippen LogP contribution in [0.5, 0.6) is 0 Å². The molecule has 0 saturated heterocycles. The summed E-state index contributed by atoms with van der Waals surface area (Å²) in [4.78, 5) is 0. The zero-order valence-electron chi connectivity index (χ0n) is 24.4. The molecule has 0 bridgehead atoms. The molecule has 0 atom stereocenters. The molecule has 0 saturated carbocycles. The van der Waals surface area contributed by atoms with E-state index in [9.17, 15) is 0 Å². The fourth-order valence-corrected chi connectivity index (χ4v) is 7.61. The Bertz CT molecular complexity index is 2690. The quantitative estimate of drug-likeness (QED) is 0.152. The van der Waals surface area contributed by atoms with Crippen LogP contribution in [0.15, 0.2) is 162 Å². The lowest BCUT2D eigenvalue weighted by atomic mass is 9.85. The first-order chi connectivity index (χ1) is 22.3. The molecular formula is C44H26O. The lowest BCUT2D eigenvalue weighted by Gasteiger charge is -2.18. The molecule has 0 aliphatic rings. The second-order valence-electron chi connectivity index (χ2n) is 12.0. The monoisotopic (exact) mass is 570 g/mol. The zero-order valence-corrected chi connectivity index (χ0v) is 24.4. The summed E-state index contributed by atoms with van der Waals surface area (Å²) >= 11 is 0. The summed E-state index contributed by atoms with van der Waals surface area (Å²) in [5.41, 5.74) is 9.36. The fraction of sp³-hybridized carbons (Fsp3) is 0. The van der Waals surface area contributed by atoms with Gasteiger partial charge in [0.2, 0.25) is 0 Å².